The molecule has 236 valence electrons. The zero-order valence-electron chi connectivity index (χ0n) is 27.2. The molecule has 4 atom stereocenters. The number of H-pyrrole nitrogens is 1. The van der Waals surface area contributed by atoms with E-state index >= 15 is 0 Å². The highest BCUT2D eigenvalue weighted by molar-refractivity contribution is 7.18. The van der Waals surface area contributed by atoms with Crippen LogP contribution in [0.4, 0.5) is 0 Å². The van der Waals surface area contributed by atoms with E-state index in [0.29, 0.717) is 18.0 Å². The van der Waals surface area contributed by atoms with E-state index in [0.717, 1.165) is 71.5 Å². The summed E-state index contributed by atoms with van der Waals surface area (Å²) in [6.45, 7) is 17.9. The number of hydrogen-bond donors (Lipinski definition) is 2. The van der Waals surface area contributed by atoms with Gasteiger partial charge >= 0.3 is 0 Å². The first-order chi connectivity index (χ1) is 21.1. The smallest absolute Gasteiger partial charge is 0.223 e. The molecule has 0 radical (unpaired) electrons. The molecule has 5 heterocycles. The number of rotatable bonds is 8. The van der Waals surface area contributed by atoms with Gasteiger partial charge in [-0.25, -0.2) is 0 Å². The van der Waals surface area contributed by atoms with Crippen LogP contribution in [0.25, 0.3) is 21.5 Å². The second kappa shape index (κ2) is 11.6. The van der Waals surface area contributed by atoms with Crippen LogP contribution < -0.4 is 5.32 Å². The lowest BCUT2D eigenvalue weighted by Crippen LogP contribution is -2.52. The van der Waals surface area contributed by atoms with E-state index in [1.54, 1.807) is 6.92 Å². The quantitative estimate of drug-likeness (QED) is 0.352. The van der Waals surface area contributed by atoms with Crippen molar-refractivity contribution >= 4 is 33.4 Å². The van der Waals surface area contributed by atoms with Gasteiger partial charge < -0.3 is 20.1 Å². The minimum atomic E-state index is 0.0221. The van der Waals surface area contributed by atoms with Crippen molar-refractivity contribution in [3.8, 4) is 11.3 Å². The number of aromatic amines is 1. The first-order valence-electron chi connectivity index (χ1n) is 16.8. The molecule has 2 aromatic heterocycles. The standard InChI is InChI=1S/C36H49N5O2S/c1-22-16-23(2)18-25(17-22)33-27(9-11-39-10-8-26(21-39)41-14-12-40(13-15-41)24(3)42)29-19-32(44-35(29)38-33)36(4,5)20-30-28-6-7-31(30)37-34(28)43/h16-19,26,28,30-31,38H,6-15,20-21H2,1-5H3,(H,37,43). The number of carbonyl (C=O) groups excluding carboxylic acids is 2. The van der Waals surface area contributed by atoms with E-state index in [4.69, 9.17) is 0 Å². The molecule has 3 aliphatic heterocycles. The van der Waals surface area contributed by atoms with Crippen molar-refractivity contribution in [3.63, 3.8) is 0 Å². The molecule has 8 heteroatoms. The van der Waals surface area contributed by atoms with E-state index in [1.165, 1.54) is 49.5 Å². The molecule has 3 saturated heterocycles. The third kappa shape index (κ3) is 5.62. The molecule has 7 rings (SSSR count). The van der Waals surface area contributed by atoms with Crippen LogP contribution in [0.2, 0.25) is 0 Å². The monoisotopic (exact) mass is 615 g/mol. The Kier molecular flexibility index (Phi) is 7.91. The number of likely N-dealkylation sites (tertiary alicyclic amines) is 1. The van der Waals surface area contributed by atoms with Crippen molar-refractivity contribution in [1.29, 1.82) is 0 Å². The van der Waals surface area contributed by atoms with E-state index in [2.05, 4.69) is 72.1 Å². The van der Waals surface area contributed by atoms with Crippen LogP contribution in [-0.2, 0) is 21.4 Å². The third-order valence-corrected chi connectivity index (χ3v) is 12.6. The Balaban J connectivity index is 1.11. The Morgan fingerprint density at radius 3 is 2.41 bits per heavy atom. The van der Waals surface area contributed by atoms with E-state index < -0.39 is 0 Å². The van der Waals surface area contributed by atoms with Gasteiger partial charge in [0.05, 0.1) is 5.69 Å². The van der Waals surface area contributed by atoms with Gasteiger partial charge in [-0.15, -0.1) is 11.3 Å². The SMILES string of the molecule is CC(=O)N1CCN(C2CCN(CCc3c(-c4cc(C)cc(C)c4)[nH]c4sc(C(C)(C)CC5C6CCC5C(=O)N6)cc34)C2)CC1. The second-order valence-corrected chi connectivity index (χ2v) is 15.8. The first kappa shape index (κ1) is 30.0. The molecule has 3 aromatic rings. The lowest BCUT2D eigenvalue weighted by molar-refractivity contribution is -0.130. The number of piperazine rings is 1. The molecule has 2 amide bonds. The molecular formula is C36H49N5O2S. The van der Waals surface area contributed by atoms with Crippen LogP contribution in [0.1, 0.15) is 68.0 Å². The van der Waals surface area contributed by atoms with Crippen molar-refractivity contribution in [2.75, 3.05) is 45.8 Å². The van der Waals surface area contributed by atoms with E-state index in [-0.39, 0.29) is 23.1 Å². The van der Waals surface area contributed by atoms with Crippen LogP contribution >= 0.6 is 11.3 Å². The average Bonchev–Trinajstić information content (AvgIpc) is 3.79. The molecule has 7 nitrogen and oxygen atoms in total. The van der Waals surface area contributed by atoms with Crippen LogP contribution in [-0.4, -0.2) is 89.4 Å². The highest BCUT2D eigenvalue weighted by atomic mass is 32.1. The number of nitrogens with one attached hydrogen (secondary N) is 2. The summed E-state index contributed by atoms with van der Waals surface area (Å²) in [4.78, 5) is 38.1. The third-order valence-electron chi connectivity index (χ3n) is 11.2. The summed E-state index contributed by atoms with van der Waals surface area (Å²) in [6.07, 6.45) is 5.48. The highest BCUT2D eigenvalue weighted by Gasteiger charge is 2.49. The fourth-order valence-electron chi connectivity index (χ4n) is 8.81. The lowest BCUT2D eigenvalue weighted by atomic mass is 9.78. The summed E-state index contributed by atoms with van der Waals surface area (Å²) in [5.41, 5.74) is 6.63. The number of carbonyl (C=O) groups is 2. The molecular weight excluding hydrogens is 566 g/mol. The van der Waals surface area contributed by atoms with Gasteiger partial charge in [0.25, 0.3) is 0 Å². The number of aromatic nitrogens is 1. The van der Waals surface area contributed by atoms with Crippen LogP contribution in [0.5, 0.6) is 0 Å². The fourth-order valence-corrected chi connectivity index (χ4v) is 10.0. The topological polar surface area (TPSA) is 71.7 Å². The molecule has 2 N–H and O–H groups in total. The van der Waals surface area contributed by atoms with Crippen LogP contribution in [0, 0.1) is 25.7 Å². The van der Waals surface area contributed by atoms with Gasteiger partial charge in [-0.1, -0.05) is 31.0 Å². The Hall–Kier alpha value is -2.68. The van der Waals surface area contributed by atoms with Gasteiger partial charge in [0, 0.05) is 74.5 Å². The lowest BCUT2D eigenvalue weighted by Gasteiger charge is -2.37. The maximum absolute atomic E-state index is 12.4. The van der Waals surface area contributed by atoms with Crippen molar-refractivity contribution in [2.24, 2.45) is 11.8 Å². The predicted octanol–water partition coefficient (Wildman–Crippen LogP) is 5.49. The Morgan fingerprint density at radius 1 is 1.00 bits per heavy atom. The predicted molar refractivity (Wildman–Crippen MR) is 179 cm³/mol. The number of nitrogens with zero attached hydrogens (tertiary/aromatic N) is 3. The van der Waals surface area contributed by atoms with E-state index in [1.807, 2.05) is 16.2 Å². The Morgan fingerprint density at radius 2 is 1.75 bits per heavy atom. The number of benzene rings is 1. The number of thiophene rings is 1. The molecule has 1 aromatic carbocycles. The maximum Gasteiger partial charge on any atom is 0.223 e. The van der Waals surface area contributed by atoms with Crippen LogP contribution in [0.15, 0.2) is 24.3 Å². The van der Waals surface area contributed by atoms with Gasteiger partial charge in [-0.2, -0.15) is 0 Å². The van der Waals surface area contributed by atoms with Gasteiger partial charge in [0.1, 0.15) is 4.83 Å². The maximum atomic E-state index is 12.4. The van der Waals surface area contributed by atoms with Crippen molar-refractivity contribution in [3.05, 3.63) is 45.8 Å². The Bertz CT molecular complexity index is 1540. The highest BCUT2D eigenvalue weighted by Crippen LogP contribution is 2.48. The summed E-state index contributed by atoms with van der Waals surface area (Å²) in [7, 11) is 0. The normalized spacial score (nSPS) is 26.3. The summed E-state index contributed by atoms with van der Waals surface area (Å²) in [5.74, 6) is 1.14. The van der Waals surface area contributed by atoms with E-state index in [9.17, 15) is 9.59 Å². The fraction of sp³-hybridized carbons (Fsp3) is 0.611. The minimum absolute atomic E-state index is 0.0221. The van der Waals surface area contributed by atoms with Crippen molar-refractivity contribution in [1.82, 2.24) is 25.0 Å². The largest absolute Gasteiger partial charge is 0.353 e. The molecule has 44 heavy (non-hydrogen) atoms. The summed E-state index contributed by atoms with van der Waals surface area (Å²) < 4.78 is 0. The molecule has 1 aliphatic carbocycles. The average molecular weight is 616 g/mol. The van der Waals surface area contributed by atoms with Gasteiger partial charge in [-0.05, 0) is 93.2 Å². The zero-order chi connectivity index (χ0) is 30.7. The van der Waals surface area contributed by atoms with Gasteiger partial charge in [0.2, 0.25) is 11.8 Å². The van der Waals surface area contributed by atoms with Gasteiger partial charge in [-0.3, -0.25) is 14.5 Å². The number of aryl methyl sites for hydroxylation is 2. The molecule has 4 fully saturated rings. The number of fused-ring (bicyclic) bond motifs is 3. The Labute approximate surface area is 266 Å². The van der Waals surface area contributed by atoms with Gasteiger partial charge in [0.15, 0.2) is 0 Å². The number of hydrogen-bond acceptors (Lipinski definition) is 5. The number of amides is 2. The zero-order valence-corrected chi connectivity index (χ0v) is 28.0. The first-order valence-corrected chi connectivity index (χ1v) is 17.6. The summed E-state index contributed by atoms with van der Waals surface area (Å²) >= 11 is 1.92. The minimum Gasteiger partial charge on any atom is -0.353 e. The number of piperidine rings is 1. The molecule has 1 saturated carbocycles. The molecule has 4 aliphatic rings. The summed E-state index contributed by atoms with van der Waals surface area (Å²) in [5, 5.41) is 4.63. The van der Waals surface area contributed by atoms with Crippen molar-refractivity contribution < 1.29 is 9.59 Å². The molecule has 0 spiro atoms. The summed E-state index contributed by atoms with van der Waals surface area (Å²) in [6, 6.07) is 10.3. The van der Waals surface area contributed by atoms with Crippen LogP contribution in [0.3, 0.4) is 0 Å². The second-order valence-electron chi connectivity index (χ2n) is 14.8. The van der Waals surface area contributed by atoms with Crippen molar-refractivity contribution in [2.45, 2.75) is 84.2 Å². The molecule has 4 unspecified atom stereocenters. The molecule has 2 bridgehead atoms.